The Morgan fingerprint density at radius 2 is 1.79 bits per heavy atom. The molecule has 2 fully saturated rings. The molecule has 4 aliphatic rings. The summed E-state index contributed by atoms with van der Waals surface area (Å²) in [6, 6.07) is 14.7. The van der Waals surface area contributed by atoms with E-state index in [4.69, 9.17) is 0 Å². The minimum absolute atomic E-state index is 0.145. The fourth-order valence-corrected chi connectivity index (χ4v) is 7.83. The normalized spacial score (nSPS) is 31.0. The first-order valence-corrected chi connectivity index (χ1v) is 12.3. The number of nitrogens with one attached hydrogen (secondary N) is 2. The van der Waals surface area contributed by atoms with Crippen LogP contribution in [0.3, 0.4) is 0 Å². The molecule has 170 valence electrons. The summed E-state index contributed by atoms with van der Waals surface area (Å²) in [5.41, 5.74) is -0.930. The minimum Gasteiger partial charge on any atom is -0.325 e. The molecule has 34 heavy (non-hydrogen) atoms. The van der Waals surface area contributed by atoms with Crippen molar-refractivity contribution in [3.05, 3.63) is 81.8 Å². The van der Waals surface area contributed by atoms with Crippen molar-refractivity contribution in [2.75, 3.05) is 17.2 Å². The quantitative estimate of drug-likeness (QED) is 0.554. The Morgan fingerprint density at radius 1 is 1.00 bits per heavy atom. The van der Waals surface area contributed by atoms with Crippen molar-refractivity contribution in [1.82, 2.24) is 4.90 Å². The van der Waals surface area contributed by atoms with Gasteiger partial charge in [-0.2, -0.15) is 0 Å². The van der Waals surface area contributed by atoms with Gasteiger partial charge in [-0.15, -0.1) is 11.3 Å². The molecule has 5 heterocycles. The van der Waals surface area contributed by atoms with Crippen LogP contribution in [0.4, 0.5) is 15.8 Å². The van der Waals surface area contributed by atoms with E-state index in [1.165, 1.54) is 23.5 Å². The molecule has 2 N–H and O–H groups in total. The van der Waals surface area contributed by atoms with Crippen molar-refractivity contribution < 1.29 is 18.8 Å². The van der Waals surface area contributed by atoms with Gasteiger partial charge in [0.15, 0.2) is 5.78 Å². The average Bonchev–Trinajstić information content (AvgIpc) is 3.62. The summed E-state index contributed by atoms with van der Waals surface area (Å²) in [6.45, 7) is 0.541. The van der Waals surface area contributed by atoms with Gasteiger partial charge in [0, 0.05) is 23.0 Å². The standard InChI is InChI=1S/C26H20FN3O3S/c27-14-9-10-18-16(13-14)26(24(33)29-18)25(15-5-1-2-6-17(15)28-23(25)32)21(19-7-3-11-30(19)26)22(31)20-8-4-12-34-20/h1-2,4-6,8-10,12-13,19,21H,3,7,11H2,(H,28,32)(H,29,33)/t19-,21-,25+,26+/m1/s1. The summed E-state index contributed by atoms with van der Waals surface area (Å²) in [4.78, 5) is 45.1. The number of ketones is 1. The largest absolute Gasteiger partial charge is 0.325 e. The fraction of sp³-hybridized carbons (Fsp3) is 0.269. The fourth-order valence-electron chi connectivity index (χ4n) is 7.12. The highest BCUT2D eigenvalue weighted by molar-refractivity contribution is 7.12. The van der Waals surface area contributed by atoms with Crippen molar-refractivity contribution >= 4 is 40.3 Å². The maximum Gasteiger partial charge on any atom is 0.251 e. The lowest BCUT2D eigenvalue weighted by Gasteiger charge is -2.43. The maximum absolute atomic E-state index is 14.7. The van der Waals surface area contributed by atoms with Gasteiger partial charge in [-0.05, 0) is 60.7 Å². The Hall–Kier alpha value is -3.36. The van der Waals surface area contributed by atoms with Crippen molar-refractivity contribution in [3.63, 3.8) is 0 Å². The summed E-state index contributed by atoms with van der Waals surface area (Å²) >= 11 is 1.34. The first kappa shape index (κ1) is 20.1. The van der Waals surface area contributed by atoms with Crippen LogP contribution in [0, 0.1) is 11.7 Å². The van der Waals surface area contributed by atoms with Crippen LogP contribution >= 0.6 is 11.3 Å². The maximum atomic E-state index is 14.7. The van der Waals surface area contributed by atoms with Gasteiger partial charge < -0.3 is 10.6 Å². The number of Topliss-reactive ketones (excluding diaryl/α,β-unsaturated/α-hetero) is 1. The summed E-state index contributed by atoms with van der Waals surface area (Å²) in [6.07, 6.45) is 1.47. The van der Waals surface area contributed by atoms with Crippen LogP contribution in [0.25, 0.3) is 0 Å². The third-order valence-corrected chi connectivity index (χ3v) is 8.99. The Balaban J connectivity index is 1.62. The zero-order chi connectivity index (χ0) is 23.2. The molecule has 2 saturated heterocycles. The molecule has 0 saturated carbocycles. The SMILES string of the molecule is O=C(c1cccs1)[C@H]1[C@H]2CCCN2[C@@]2(C(=O)Nc3ccc(F)cc32)[C@]12C(=O)Nc1ccccc12. The smallest absolute Gasteiger partial charge is 0.251 e. The predicted octanol–water partition coefficient (Wildman–Crippen LogP) is 3.90. The number of carbonyl (C=O) groups is 3. The number of hydrogen-bond donors (Lipinski definition) is 2. The number of amides is 2. The second-order valence-electron chi connectivity index (χ2n) is 9.38. The van der Waals surface area contributed by atoms with Crippen LogP contribution in [0.15, 0.2) is 60.0 Å². The molecule has 4 atom stereocenters. The number of anilines is 2. The number of nitrogens with zero attached hydrogens (tertiary/aromatic N) is 1. The Labute approximate surface area is 198 Å². The second-order valence-corrected chi connectivity index (χ2v) is 10.3. The van der Waals surface area contributed by atoms with E-state index in [0.29, 0.717) is 40.3 Å². The van der Waals surface area contributed by atoms with Gasteiger partial charge in [-0.3, -0.25) is 19.3 Å². The number of benzene rings is 2. The molecule has 3 aromatic rings. The Kier molecular flexibility index (Phi) is 3.90. The molecule has 8 heteroatoms. The van der Waals surface area contributed by atoms with Crippen LogP contribution in [0.5, 0.6) is 0 Å². The van der Waals surface area contributed by atoms with E-state index in [0.717, 1.165) is 6.42 Å². The van der Waals surface area contributed by atoms with Crippen LogP contribution in [-0.2, 0) is 20.5 Å². The highest BCUT2D eigenvalue weighted by Crippen LogP contribution is 2.67. The molecule has 2 aromatic carbocycles. The summed E-state index contributed by atoms with van der Waals surface area (Å²) in [5.74, 6) is -2.19. The third kappa shape index (κ3) is 2.08. The first-order chi connectivity index (χ1) is 16.5. The van der Waals surface area contributed by atoms with E-state index in [1.807, 2.05) is 34.5 Å². The number of rotatable bonds is 2. The molecule has 0 aliphatic carbocycles. The van der Waals surface area contributed by atoms with E-state index in [1.54, 1.807) is 18.2 Å². The highest BCUT2D eigenvalue weighted by Gasteiger charge is 2.81. The molecule has 6 nitrogen and oxygen atoms in total. The van der Waals surface area contributed by atoms with Crippen molar-refractivity contribution in [2.45, 2.75) is 29.8 Å². The summed E-state index contributed by atoms with van der Waals surface area (Å²) < 4.78 is 14.7. The lowest BCUT2D eigenvalue weighted by molar-refractivity contribution is -0.137. The number of para-hydroxylation sites is 1. The summed E-state index contributed by atoms with van der Waals surface area (Å²) in [5, 5.41) is 7.75. The number of fused-ring (bicyclic) bond motifs is 7. The van der Waals surface area contributed by atoms with E-state index in [2.05, 4.69) is 10.6 Å². The number of carbonyl (C=O) groups excluding carboxylic acids is 3. The van der Waals surface area contributed by atoms with Crippen LogP contribution in [-0.4, -0.2) is 35.1 Å². The molecule has 0 unspecified atom stereocenters. The van der Waals surface area contributed by atoms with Crippen molar-refractivity contribution in [2.24, 2.45) is 5.92 Å². The molecule has 1 aromatic heterocycles. The van der Waals surface area contributed by atoms with Gasteiger partial charge in [-0.1, -0.05) is 24.3 Å². The van der Waals surface area contributed by atoms with E-state index in [-0.39, 0.29) is 23.6 Å². The van der Waals surface area contributed by atoms with Gasteiger partial charge in [0.1, 0.15) is 16.8 Å². The van der Waals surface area contributed by atoms with Gasteiger partial charge >= 0.3 is 0 Å². The van der Waals surface area contributed by atoms with E-state index >= 15 is 0 Å². The number of halogens is 1. The van der Waals surface area contributed by atoms with Gasteiger partial charge in [0.25, 0.3) is 5.91 Å². The molecular weight excluding hydrogens is 453 g/mol. The Bertz CT molecular complexity index is 1410. The molecule has 2 amide bonds. The monoisotopic (exact) mass is 473 g/mol. The number of hydrogen-bond acceptors (Lipinski definition) is 5. The molecule has 0 radical (unpaired) electrons. The minimum atomic E-state index is -1.53. The zero-order valence-electron chi connectivity index (χ0n) is 18.0. The zero-order valence-corrected chi connectivity index (χ0v) is 18.8. The first-order valence-electron chi connectivity index (χ1n) is 11.4. The molecule has 2 spiro atoms. The number of thiophene rings is 1. The lowest BCUT2D eigenvalue weighted by Crippen LogP contribution is -2.62. The summed E-state index contributed by atoms with van der Waals surface area (Å²) in [7, 11) is 0. The van der Waals surface area contributed by atoms with Crippen molar-refractivity contribution in [1.29, 1.82) is 0 Å². The van der Waals surface area contributed by atoms with E-state index in [9.17, 15) is 18.8 Å². The van der Waals surface area contributed by atoms with Gasteiger partial charge in [-0.25, -0.2) is 4.39 Å². The van der Waals surface area contributed by atoms with Crippen LogP contribution in [0.2, 0.25) is 0 Å². The Morgan fingerprint density at radius 3 is 2.62 bits per heavy atom. The van der Waals surface area contributed by atoms with Crippen molar-refractivity contribution in [3.8, 4) is 0 Å². The van der Waals surface area contributed by atoms with E-state index < -0.39 is 22.7 Å². The van der Waals surface area contributed by atoms with Crippen LogP contribution < -0.4 is 10.6 Å². The second kappa shape index (κ2) is 6.61. The van der Waals surface area contributed by atoms with Gasteiger partial charge in [0.2, 0.25) is 5.91 Å². The third-order valence-electron chi connectivity index (χ3n) is 8.10. The highest BCUT2D eigenvalue weighted by atomic mass is 32.1. The molecule has 7 rings (SSSR count). The van der Waals surface area contributed by atoms with Gasteiger partial charge in [0.05, 0.1) is 10.8 Å². The molecular formula is C26H20FN3O3S. The predicted molar refractivity (Wildman–Crippen MR) is 125 cm³/mol. The lowest BCUT2D eigenvalue weighted by atomic mass is 9.57. The molecule has 4 aliphatic heterocycles. The molecule has 0 bridgehead atoms. The van der Waals surface area contributed by atoms with Crippen LogP contribution in [0.1, 0.15) is 33.6 Å². The average molecular weight is 474 g/mol. The topological polar surface area (TPSA) is 78.5 Å².